The second-order valence-electron chi connectivity index (χ2n) is 5.24. The number of hydrogen-bond donors (Lipinski definition) is 1. The van der Waals surface area contributed by atoms with Crippen molar-refractivity contribution in [2.45, 2.75) is 25.5 Å². The summed E-state index contributed by atoms with van der Waals surface area (Å²) in [4.78, 5) is 2.35. The fourth-order valence-electron chi connectivity index (χ4n) is 2.10. The largest absolute Gasteiger partial charge is 0.383 e. The maximum absolute atomic E-state index is 5.92. The highest BCUT2D eigenvalue weighted by molar-refractivity contribution is 4.90. The average Bonchev–Trinajstić information content (AvgIpc) is 2.31. The van der Waals surface area contributed by atoms with Gasteiger partial charge in [-0.15, -0.1) is 0 Å². The molecule has 1 unspecified atom stereocenters. The van der Waals surface area contributed by atoms with Crippen molar-refractivity contribution >= 4 is 0 Å². The van der Waals surface area contributed by atoms with Crippen molar-refractivity contribution in [1.29, 1.82) is 0 Å². The van der Waals surface area contributed by atoms with Crippen molar-refractivity contribution in [2.24, 2.45) is 0 Å². The lowest BCUT2D eigenvalue weighted by atomic mass is 10.0. The molecule has 0 bridgehead atoms. The van der Waals surface area contributed by atoms with Gasteiger partial charge >= 0.3 is 0 Å². The predicted molar refractivity (Wildman–Crippen MR) is 72.0 cm³/mol. The van der Waals surface area contributed by atoms with E-state index in [4.69, 9.17) is 14.2 Å². The molecular formula is C13H28N2O3. The van der Waals surface area contributed by atoms with Crippen LogP contribution in [0.25, 0.3) is 0 Å². The highest BCUT2D eigenvalue weighted by Crippen LogP contribution is 2.15. The number of hydrogen-bond acceptors (Lipinski definition) is 5. The van der Waals surface area contributed by atoms with Crippen molar-refractivity contribution in [3.8, 4) is 0 Å². The van der Waals surface area contributed by atoms with E-state index < -0.39 is 0 Å². The van der Waals surface area contributed by atoms with E-state index in [1.807, 2.05) is 0 Å². The van der Waals surface area contributed by atoms with Crippen molar-refractivity contribution < 1.29 is 14.2 Å². The zero-order valence-corrected chi connectivity index (χ0v) is 12.2. The molecule has 1 aliphatic heterocycles. The molecule has 1 rings (SSSR count). The van der Waals surface area contributed by atoms with Gasteiger partial charge in [-0.3, -0.25) is 4.90 Å². The third kappa shape index (κ3) is 5.20. The Bertz CT molecular complexity index is 222. The third-order valence-corrected chi connectivity index (χ3v) is 3.44. The van der Waals surface area contributed by atoms with Crippen LogP contribution in [-0.2, 0) is 14.2 Å². The molecule has 0 amide bonds. The van der Waals surface area contributed by atoms with E-state index in [2.05, 4.69) is 24.1 Å². The van der Waals surface area contributed by atoms with E-state index in [1.54, 1.807) is 14.2 Å². The molecule has 0 aromatic carbocycles. The lowest BCUT2D eigenvalue weighted by Gasteiger charge is -2.40. The molecule has 0 aliphatic carbocycles. The van der Waals surface area contributed by atoms with Gasteiger partial charge in [-0.25, -0.2) is 0 Å². The zero-order valence-electron chi connectivity index (χ0n) is 12.2. The van der Waals surface area contributed by atoms with Crippen LogP contribution >= 0.6 is 0 Å². The number of rotatable bonds is 10. The van der Waals surface area contributed by atoms with Crippen molar-refractivity contribution in [3.05, 3.63) is 0 Å². The SMILES string of the molecule is COCCN(CCOC1(C)CNC1)C(C)COC. The van der Waals surface area contributed by atoms with E-state index in [0.717, 1.165) is 46.0 Å². The van der Waals surface area contributed by atoms with Crippen molar-refractivity contribution in [1.82, 2.24) is 10.2 Å². The first kappa shape index (κ1) is 15.9. The van der Waals surface area contributed by atoms with Crippen LogP contribution in [0.2, 0.25) is 0 Å². The molecule has 1 fully saturated rings. The van der Waals surface area contributed by atoms with Gasteiger partial charge in [0.2, 0.25) is 0 Å². The van der Waals surface area contributed by atoms with Gasteiger partial charge in [-0.05, 0) is 13.8 Å². The van der Waals surface area contributed by atoms with Gasteiger partial charge in [0.15, 0.2) is 0 Å². The summed E-state index contributed by atoms with van der Waals surface area (Å²) in [6.07, 6.45) is 0. The van der Waals surface area contributed by atoms with Crippen LogP contribution < -0.4 is 5.32 Å². The molecule has 0 spiro atoms. The molecule has 1 saturated heterocycles. The minimum atomic E-state index is 0.0391. The van der Waals surface area contributed by atoms with Crippen LogP contribution in [0.3, 0.4) is 0 Å². The average molecular weight is 260 g/mol. The molecule has 0 radical (unpaired) electrons. The summed E-state index contributed by atoms with van der Waals surface area (Å²) in [6, 6.07) is 0.390. The molecule has 108 valence electrons. The first-order valence-electron chi connectivity index (χ1n) is 6.68. The Kier molecular flexibility index (Phi) is 7.11. The Morgan fingerprint density at radius 3 is 2.33 bits per heavy atom. The van der Waals surface area contributed by atoms with Gasteiger partial charge in [-0.1, -0.05) is 0 Å². The van der Waals surface area contributed by atoms with Crippen LogP contribution in [-0.4, -0.2) is 76.8 Å². The molecule has 0 saturated carbocycles. The number of methoxy groups -OCH3 is 2. The fourth-order valence-corrected chi connectivity index (χ4v) is 2.10. The van der Waals surface area contributed by atoms with E-state index in [1.165, 1.54) is 0 Å². The van der Waals surface area contributed by atoms with Gasteiger partial charge in [0.1, 0.15) is 0 Å². The zero-order chi connectivity index (χ0) is 13.4. The number of ether oxygens (including phenoxy) is 3. The quantitative estimate of drug-likeness (QED) is 0.614. The van der Waals surface area contributed by atoms with E-state index >= 15 is 0 Å². The Balaban J connectivity index is 2.25. The minimum Gasteiger partial charge on any atom is -0.383 e. The first-order chi connectivity index (χ1) is 8.61. The Morgan fingerprint density at radius 2 is 1.83 bits per heavy atom. The Morgan fingerprint density at radius 1 is 1.17 bits per heavy atom. The smallest absolute Gasteiger partial charge is 0.0902 e. The second-order valence-corrected chi connectivity index (χ2v) is 5.24. The number of nitrogens with one attached hydrogen (secondary N) is 1. The van der Waals surface area contributed by atoms with Crippen LogP contribution in [0.15, 0.2) is 0 Å². The predicted octanol–water partition coefficient (Wildman–Crippen LogP) is 0.348. The Labute approximate surface area is 111 Å². The van der Waals surface area contributed by atoms with Crippen LogP contribution in [0.5, 0.6) is 0 Å². The summed E-state index contributed by atoms with van der Waals surface area (Å²) in [5, 5.41) is 3.24. The standard InChI is InChI=1S/C13H28N2O3/c1-12(9-17-4)15(5-7-16-3)6-8-18-13(2)10-14-11-13/h12,14H,5-11H2,1-4H3. The molecule has 1 N–H and O–H groups in total. The van der Waals surface area contributed by atoms with E-state index in [9.17, 15) is 0 Å². The lowest BCUT2D eigenvalue weighted by molar-refractivity contribution is -0.0765. The Hall–Kier alpha value is -0.200. The molecule has 1 atom stereocenters. The first-order valence-corrected chi connectivity index (χ1v) is 6.68. The summed E-state index contributed by atoms with van der Waals surface area (Å²) in [5.74, 6) is 0. The topological polar surface area (TPSA) is 43.0 Å². The summed E-state index contributed by atoms with van der Waals surface area (Å²) in [7, 11) is 3.47. The van der Waals surface area contributed by atoms with Crippen LogP contribution in [0.4, 0.5) is 0 Å². The summed E-state index contributed by atoms with van der Waals surface area (Å²) in [6.45, 7) is 10.3. The number of nitrogens with zero attached hydrogens (tertiary/aromatic N) is 1. The molecule has 5 nitrogen and oxygen atoms in total. The molecule has 1 aliphatic rings. The minimum absolute atomic E-state index is 0.0391. The van der Waals surface area contributed by atoms with Crippen molar-refractivity contribution in [3.63, 3.8) is 0 Å². The molecule has 18 heavy (non-hydrogen) atoms. The molecule has 0 aromatic rings. The maximum atomic E-state index is 5.92. The van der Waals surface area contributed by atoms with Crippen LogP contribution in [0.1, 0.15) is 13.8 Å². The summed E-state index contributed by atoms with van der Waals surface area (Å²) >= 11 is 0. The van der Waals surface area contributed by atoms with Gasteiger partial charge in [0, 0.05) is 46.4 Å². The molecule has 0 aromatic heterocycles. The third-order valence-electron chi connectivity index (χ3n) is 3.44. The van der Waals surface area contributed by atoms with Gasteiger partial charge in [0.05, 0.1) is 25.4 Å². The van der Waals surface area contributed by atoms with Crippen LogP contribution in [0, 0.1) is 0 Å². The molecular weight excluding hydrogens is 232 g/mol. The van der Waals surface area contributed by atoms with E-state index in [-0.39, 0.29) is 5.60 Å². The molecule has 1 heterocycles. The maximum Gasteiger partial charge on any atom is 0.0902 e. The van der Waals surface area contributed by atoms with Crippen molar-refractivity contribution in [2.75, 3.05) is 60.2 Å². The highest BCUT2D eigenvalue weighted by atomic mass is 16.5. The highest BCUT2D eigenvalue weighted by Gasteiger charge is 2.32. The lowest BCUT2D eigenvalue weighted by Crippen LogP contribution is -2.59. The normalized spacial score (nSPS) is 19.8. The fraction of sp³-hybridized carbons (Fsp3) is 1.00. The van der Waals surface area contributed by atoms with Gasteiger partial charge in [-0.2, -0.15) is 0 Å². The summed E-state index contributed by atoms with van der Waals surface area (Å²) in [5.41, 5.74) is 0.0391. The van der Waals surface area contributed by atoms with E-state index in [0.29, 0.717) is 6.04 Å². The monoisotopic (exact) mass is 260 g/mol. The molecule has 5 heteroatoms. The summed E-state index contributed by atoms with van der Waals surface area (Å²) < 4.78 is 16.3. The van der Waals surface area contributed by atoms with Gasteiger partial charge < -0.3 is 19.5 Å². The second kappa shape index (κ2) is 8.07. The van der Waals surface area contributed by atoms with Gasteiger partial charge in [0.25, 0.3) is 0 Å².